The van der Waals surface area contributed by atoms with Crippen LogP contribution >= 0.6 is 0 Å². The Morgan fingerprint density at radius 3 is 2.65 bits per heavy atom. The second-order valence-corrected chi connectivity index (χ2v) is 4.54. The number of hydrogen-bond acceptors (Lipinski definition) is 2. The van der Waals surface area contributed by atoms with E-state index in [1.807, 2.05) is 42.5 Å². The van der Waals surface area contributed by atoms with Crippen molar-refractivity contribution in [3.05, 3.63) is 60.3 Å². The molecule has 1 aromatic heterocycles. The van der Waals surface area contributed by atoms with Crippen molar-refractivity contribution >= 4 is 16.9 Å². The summed E-state index contributed by atoms with van der Waals surface area (Å²) in [7, 11) is 0. The van der Waals surface area contributed by atoms with Crippen molar-refractivity contribution in [2.75, 3.05) is 6.61 Å². The molecule has 1 heterocycles. The lowest BCUT2D eigenvalue weighted by atomic mass is 10.0. The first-order valence-corrected chi connectivity index (χ1v) is 6.64. The summed E-state index contributed by atoms with van der Waals surface area (Å²) in [4.78, 5) is 15.0. The maximum Gasteiger partial charge on any atom is 0.354 e. The van der Waals surface area contributed by atoms with Gasteiger partial charge in [0.25, 0.3) is 0 Å². The second kappa shape index (κ2) is 5.21. The lowest BCUT2D eigenvalue weighted by Crippen LogP contribution is -2.04. The standard InChI is InChI=1S/C17H15NO2/c1-2-20-17(19)15-11-13-9-6-10-14(16(13)18-15)12-7-4-3-5-8-12/h3-11,18H,2H2,1H3. The summed E-state index contributed by atoms with van der Waals surface area (Å²) in [5, 5.41) is 1.01. The average molecular weight is 265 g/mol. The predicted molar refractivity (Wildman–Crippen MR) is 79.7 cm³/mol. The Balaban J connectivity index is 2.13. The van der Waals surface area contributed by atoms with Gasteiger partial charge < -0.3 is 9.72 Å². The van der Waals surface area contributed by atoms with Gasteiger partial charge in [0.15, 0.2) is 0 Å². The number of benzene rings is 2. The highest BCUT2D eigenvalue weighted by atomic mass is 16.5. The van der Waals surface area contributed by atoms with Gasteiger partial charge in [0, 0.05) is 10.9 Å². The zero-order chi connectivity index (χ0) is 13.9. The number of H-pyrrole nitrogens is 1. The number of ether oxygens (including phenoxy) is 1. The van der Waals surface area contributed by atoms with Crippen LogP contribution in [0, 0.1) is 0 Å². The van der Waals surface area contributed by atoms with E-state index in [0.717, 1.165) is 22.0 Å². The lowest BCUT2D eigenvalue weighted by molar-refractivity contribution is 0.0520. The van der Waals surface area contributed by atoms with E-state index < -0.39 is 0 Å². The lowest BCUT2D eigenvalue weighted by Gasteiger charge is -2.03. The third-order valence-corrected chi connectivity index (χ3v) is 3.24. The number of aromatic nitrogens is 1. The average Bonchev–Trinajstić information content (AvgIpc) is 2.92. The molecule has 0 bridgehead atoms. The van der Waals surface area contributed by atoms with E-state index in [1.54, 1.807) is 6.92 Å². The van der Waals surface area contributed by atoms with Gasteiger partial charge in [-0.2, -0.15) is 0 Å². The van der Waals surface area contributed by atoms with Crippen LogP contribution in [0.1, 0.15) is 17.4 Å². The van der Waals surface area contributed by atoms with Crippen molar-refractivity contribution in [1.82, 2.24) is 4.98 Å². The van der Waals surface area contributed by atoms with Crippen LogP contribution in [0.25, 0.3) is 22.0 Å². The maximum absolute atomic E-state index is 11.8. The van der Waals surface area contributed by atoms with Crippen molar-refractivity contribution < 1.29 is 9.53 Å². The molecule has 100 valence electrons. The van der Waals surface area contributed by atoms with E-state index in [1.165, 1.54) is 0 Å². The maximum atomic E-state index is 11.8. The quantitative estimate of drug-likeness (QED) is 0.727. The molecule has 0 fully saturated rings. The third-order valence-electron chi connectivity index (χ3n) is 3.24. The predicted octanol–water partition coefficient (Wildman–Crippen LogP) is 4.01. The highest BCUT2D eigenvalue weighted by molar-refractivity contribution is 6.00. The van der Waals surface area contributed by atoms with E-state index in [0.29, 0.717) is 12.3 Å². The number of nitrogens with one attached hydrogen (secondary N) is 1. The van der Waals surface area contributed by atoms with Crippen molar-refractivity contribution in [3.8, 4) is 11.1 Å². The molecule has 0 saturated carbocycles. The molecule has 3 rings (SSSR count). The Morgan fingerprint density at radius 2 is 1.90 bits per heavy atom. The number of carbonyl (C=O) groups excluding carboxylic acids is 1. The molecule has 3 aromatic rings. The molecular weight excluding hydrogens is 250 g/mol. The molecule has 0 radical (unpaired) electrons. The van der Waals surface area contributed by atoms with E-state index in [4.69, 9.17) is 4.74 Å². The molecule has 0 saturated heterocycles. The highest BCUT2D eigenvalue weighted by Gasteiger charge is 2.12. The molecule has 20 heavy (non-hydrogen) atoms. The van der Waals surface area contributed by atoms with E-state index in [2.05, 4.69) is 17.1 Å². The second-order valence-electron chi connectivity index (χ2n) is 4.54. The van der Waals surface area contributed by atoms with Gasteiger partial charge in [-0.15, -0.1) is 0 Å². The first kappa shape index (κ1) is 12.5. The van der Waals surface area contributed by atoms with Crippen molar-refractivity contribution in [1.29, 1.82) is 0 Å². The van der Waals surface area contributed by atoms with Crippen LogP contribution in [0.4, 0.5) is 0 Å². The van der Waals surface area contributed by atoms with Crippen LogP contribution in [0.5, 0.6) is 0 Å². The molecule has 3 heteroatoms. The van der Waals surface area contributed by atoms with Crippen molar-refractivity contribution in [2.45, 2.75) is 6.92 Å². The number of carbonyl (C=O) groups is 1. The van der Waals surface area contributed by atoms with Gasteiger partial charge in [0.2, 0.25) is 0 Å². The Hall–Kier alpha value is -2.55. The fraction of sp³-hybridized carbons (Fsp3) is 0.118. The Morgan fingerprint density at radius 1 is 1.10 bits per heavy atom. The first-order valence-electron chi connectivity index (χ1n) is 6.64. The number of aromatic amines is 1. The zero-order valence-electron chi connectivity index (χ0n) is 11.2. The normalized spacial score (nSPS) is 10.7. The van der Waals surface area contributed by atoms with Gasteiger partial charge in [-0.05, 0) is 18.6 Å². The van der Waals surface area contributed by atoms with Crippen LogP contribution < -0.4 is 0 Å². The van der Waals surface area contributed by atoms with Crippen LogP contribution in [0.15, 0.2) is 54.6 Å². The molecular formula is C17H15NO2. The van der Waals surface area contributed by atoms with Gasteiger partial charge in [0.05, 0.1) is 12.1 Å². The molecule has 0 spiro atoms. The fourth-order valence-corrected chi connectivity index (χ4v) is 2.33. The molecule has 2 aromatic carbocycles. The number of para-hydroxylation sites is 1. The zero-order valence-corrected chi connectivity index (χ0v) is 11.2. The van der Waals surface area contributed by atoms with Crippen LogP contribution in [0.3, 0.4) is 0 Å². The number of fused-ring (bicyclic) bond motifs is 1. The number of hydrogen-bond donors (Lipinski definition) is 1. The van der Waals surface area contributed by atoms with Crippen LogP contribution in [-0.2, 0) is 4.74 Å². The summed E-state index contributed by atoms with van der Waals surface area (Å²) < 4.78 is 5.03. The minimum atomic E-state index is -0.317. The largest absolute Gasteiger partial charge is 0.461 e. The number of esters is 1. The minimum absolute atomic E-state index is 0.317. The molecule has 3 nitrogen and oxygen atoms in total. The summed E-state index contributed by atoms with van der Waals surface area (Å²) in [6, 6.07) is 18.0. The molecule has 0 atom stereocenters. The summed E-state index contributed by atoms with van der Waals surface area (Å²) in [6.45, 7) is 2.18. The molecule has 0 amide bonds. The monoisotopic (exact) mass is 265 g/mol. The van der Waals surface area contributed by atoms with Gasteiger partial charge in [-0.1, -0.05) is 48.5 Å². The molecule has 0 aliphatic heterocycles. The third kappa shape index (κ3) is 2.18. The summed E-state index contributed by atoms with van der Waals surface area (Å²) in [5.41, 5.74) is 3.65. The number of rotatable bonds is 3. The van der Waals surface area contributed by atoms with Gasteiger partial charge in [-0.3, -0.25) is 0 Å². The summed E-state index contributed by atoms with van der Waals surface area (Å²) >= 11 is 0. The first-order chi connectivity index (χ1) is 9.79. The van der Waals surface area contributed by atoms with Crippen LogP contribution in [0.2, 0.25) is 0 Å². The van der Waals surface area contributed by atoms with Crippen molar-refractivity contribution in [3.63, 3.8) is 0 Å². The molecule has 0 unspecified atom stereocenters. The van der Waals surface area contributed by atoms with Gasteiger partial charge in [0.1, 0.15) is 5.69 Å². The Labute approximate surface area is 117 Å². The smallest absolute Gasteiger partial charge is 0.354 e. The van der Waals surface area contributed by atoms with E-state index in [9.17, 15) is 4.79 Å². The van der Waals surface area contributed by atoms with Crippen LogP contribution in [-0.4, -0.2) is 17.6 Å². The summed E-state index contributed by atoms with van der Waals surface area (Å²) in [5.74, 6) is -0.317. The molecule has 1 N–H and O–H groups in total. The minimum Gasteiger partial charge on any atom is -0.461 e. The van der Waals surface area contributed by atoms with Gasteiger partial charge >= 0.3 is 5.97 Å². The Bertz CT molecular complexity index is 744. The van der Waals surface area contributed by atoms with Gasteiger partial charge in [-0.25, -0.2) is 4.79 Å². The molecule has 0 aliphatic rings. The summed E-state index contributed by atoms with van der Waals surface area (Å²) in [6.07, 6.45) is 0. The van der Waals surface area contributed by atoms with E-state index >= 15 is 0 Å². The topological polar surface area (TPSA) is 42.1 Å². The highest BCUT2D eigenvalue weighted by Crippen LogP contribution is 2.28. The molecule has 0 aliphatic carbocycles. The SMILES string of the molecule is CCOC(=O)c1cc2cccc(-c3ccccc3)c2[nH]1. The van der Waals surface area contributed by atoms with Crippen molar-refractivity contribution in [2.24, 2.45) is 0 Å². The Kier molecular flexibility index (Phi) is 3.25. The van der Waals surface area contributed by atoms with E-state index in [-0.39, 0.29) is 5.97 Å². The fourth-order valence-electron chi connectivity index (χ4n) is 2.33.